The molecule has 2 N–H and O–H groups in total. The van der Waals surface area contributed by atoms with Gasteiger partial charge in [-0.2, -0.15) is 5.10 Å². The van der Waals surface area contributed by atoms with Crippen LogP contribution in [-0.4, -0.2) is 44.7 Å². The number of furan rings is 1. The van der Waals surface area contributed by atoms with Gasteiger partial charge in [0.1, 0.15) is 17.9 Å². The predicted molar refractivity (Wildman–Crippen MR) is 126 cm³/mol. The van der Waals surface area contributed by atoms with E-state index < -0.39 is 0 Å². The van der Waals surface area contributed by atoms with Crippen molar-refractivity contribution in [3.8, 4) is 0 Å². The second-order valence-corrected chi connectivity index (χ2v) is 8.24. The Morgan fingerprint density at radius 3 is 2.91 bits per heavy atom. The monoisotopic (exact) mass is 459 g/mol. The molecule has 4 aromatic rings. The molecule has 2 amide bonds. The minimum absolute atomic E-state index is 0.0289. The summed E-state index contributed by atoms with van der Waals surface area (Å²) in [5, 5.41) is 11.4. The summed E-state index contributed by atoms with van der Waals surface area (Å²) >= 11 is 0. The highest BCUT2D eigenvalue weighted by Crippen LogP contribution is 2.27. The number of nitrogens with zero attached hydrogens (tertiary/aromatic N) is 5. The number of carbonyl (C=O) groups excluding carboxylic acids is 2. The minimum Gasteiger partial charge on any atom is -0.467 e. The van der Waals surface area contributed by atoms with E-state index in [0.717, 1.165) is 22.4 Å². The molecule has 5 rings (SSSR count). The van der Waals surface area contributed by atoms with Crippen LogP contribution < -0.4 is 15.5 Å². The molecule has 0 spiro atoms. The molecule has 1 aliphatic rings. The van der Waals surface area contributed by atoms with E-state index in [1.54, 1.807) is 22.0 Å². The quantitative estimate of drug-likeness (QED) is 0.416. The second kappa shape index (κ2) is 9.34. The van der Waals surface area contributed by atoms with Gasteiger partial charge in [0.25, 0.3) is 0 Å². The lowest BCUT2D eigenvalue weighted by Gasteiger charge is -2.19. The zero-order valence-electron chi connectivity index (χ0n) is 18.8. The molecule has 1 saturated heterocycles. The summed E-state index contributed by atoms with van der Waals surface area (Å²) in [5.74, 6) is 0.932. The van der Waals surface area contributed by atoms with Crippen molar-refractivity contribution in [2.45, 2.75) is 26.4 Å². The van der Waals surface area contributed by atoms with Crippen LogP contribution >= 0.6 is 0 Å². The van der Waals surface area contributed by atoms with Crippen molar-refractivity contribution in [2.24, 2.45) is 5.92 Å². The summed E-state index contributed by atoms with van der Waals surface area (Å²) in [4.78, 5) is 35.6. The molecule has 4 heterocycles. The topological polar surface area (TPSA) is 118 Å². The number of carbonyl (C=O) groups is 2. The first-order valence-corrected chi connectivity index (χ1v) is 11.2. The van der Waals surface area contributed by atoms with Crippen LogP contribution in [0.2, 0.25) is 0 Å². The van der Waals surface area contributed by atoms with Gasteiger partial charge in [-0.15, -0.1) is 0 Å². The van der Waals surface area contributed by atoms with Crippen molar-refractivity contribution in [2.75, 3.05) is 23.3 Å². The van der Waals surface area contributed by atoms with Gasteiger partial charge >= 0.3 is 0 Å². The Kier molecular flexibility index (Phi) is 5.94. The fourth-order valence-corrected chi connectivity index (χ4v) is 4.19. The first kappa shape index (κ1) is 21.6. The molecule has 34 heavy (non-hydrogen) atoms. The average molecular weight is 460 g/mol. The number of fused-ring (bicyclic) bond motifs is 1. The lowest BCUT2D eigenvalue weighted by atomic mass is 10.1. The van der Waals surface area contributed by atoms with Gasteiger partial charge in [-0.3, -0.25) is 9.59 Å². The molecular weight excluding hydrogens is 434 g/mol. The normalized spacial score (nSPS) is 15.7. The highest BCUT2D eigenvalue weighted by atomic mass is 16.3. The van der Waals surface area contributed by atoms with Crippen LogP contribution in [0.4, 0.5) is 11.5 Å². The van der Waals surface area contributed by atoms with E-state index in [1.807, 2.05) is 43.3 Å². The highest BCUT2D eigenvalue weighted by Gasteiger charge is 2.35. The molecule has 0 bridgehead atoms. The van der Waals surface area contributed by atoms with Gasteiger partial charge < -0.3 is 20.0 Å². The maximum atomic E-state index is 12.7. The van der Waals surface area contributed by atoms with Crippen LogP contribution in [0.3, 0.4) is 0 Å². The van der Waals surface area contributed by atoms with Crippen molar-refractivity contribution in [3.05, 3.63) is 66.5 Å². The molecule has 1 aliphatic heterocycles. The number of nitrogens with one attached hydrogen (secondary N) is 2. The molecule has 0 radical (unpaired) electrons. The van der Waals surface area contributed by atoms with E-state index in [0.29, 0.717) is 37.6 Å². The Balaban J connectivity index is 1.18. The van der Waals surface area contributed by atoms with Gasteiger partial charge in [0.15, 0.2) is 5.65 Å². The zero-order valence-corrected chi connectivity index (χ0v) is 18.8. The first-order chi connectivity index (χ1) is 16.6. The number of rotatable bonds is 8. The van der Waals surface area contributed by atoms with Crippen molar-refractivity contribution in [3.63, 3.8) is 0 Å². The first-order valence-electron chi connectivity index (χ1n) is 11.2. The molecule has 3 aromatic heterocycles. The maximum absolute atomic E-state index is 12.7. The SMILES string of the molecule is Cc1ccccc1N1CC(C(=O)NCCn2ncc3c(NCc4ccco4)ncnc32)CC1=O. The summed E-state index contributed by atoms with van der Waals surface area (Å²) in [6, 6.07) is 11.4. The predicted octanol–water partition coefficient (Wildman–Crippen LogP) is 2.51. The van der Waals surface area contributed by atoms with Crippen molar-refractivity contribution < 1.29 is 14.0 Å². The van der Waals surface area contributed by atoms with E-state index in [1.165, 1.54) is 6.33 Å². The van der Waals surface area contributed by atoms with Crippen LogP contribution in [0.1, 0.15) is 17.7 Å². The van der Waals surface area contributed by atoms with E-state index >= 15 is 0 Å². The summed E-state index contributed by atoms with van der Waals surface area (Å²) < 4.78 is 7.07. The van der Waals surface area contributed by atoms with Gasteiger partial charge in [-0.25, -0.2) is 14.6 Å². The molecular formula is C24H25N7O3. The summed E-state index contributed by atoms with van der Waals surface area (Å²) in [6.45, 7) is 3.68. The van der Waals surface area contributed by atoms with Crippen LogP contribution in [0, 0.1) is 12.8 Å². The van der Waals surface area contributed by atoms with Crippen molar-refractivity contribution in [1.82, 2.24) is 25.1 Å². The molecule has 174 valence electrons. The highest BCUT2D eigenvalue weighted by molar-refractivity contribution is 6.00. The summed E-state index contributed by atoms with van der Waals surface area (Å²) in [7, 11) is 0. The number of aromatic nitrogens is 4. The fourth-order valence-electron chi connectivity index (χ4n) is 4.19. The Bertz CT molecular complexity index is 1320. The Morgan fingerprint density at radius 1 is 1.21 bits per heavy atom. The zero-order chi connectivity index (χ0) is 23.5. The van der Waals surface area contributed by atoms with Crippen LogP contribution in [0.5, 0.6) is 0 Å². The Labute approximate surface area is 196 Å². The number of para-hydroxylation sites is 1. The molecule has 0 saturated carbocycles. The van der Waals surface area contributed by atoms with Crippen LogP contribution in [-0.2, 0) is 22.7 Å². The molecule has 1 fully saturated rings. The molecule has 10 nitrogen and oxygen atoms in total. The third-order valence-electron chi connectivity index (χ3n) is 5.97. The van der Waals surface area contributed by atoms with E-state index in [9.17, 15) is 9.59 Å². The van der Waals surface area contributed by atoms with Gasteiger partial charge in [0.05, 0.1) is 36.9 Å². The molecule has 0 aliphatic carbocycles. The molecule has 1 atom stereocenters. The number of hydrogen-bond donors (Lipinski definition) is 2. The van der Waals surface area contributed by atoms with Crippen LogP contribution in [0.25, 0.3) is 11.0 Å². The van der Waals surface area contributed by atoms with Crippen molar-refractivity contribution >= 4 is 34.4 Å². The number of amides is 2. The maximum Gasteiger partial charge on any atom is 0.227 e. The average Bonchev–Trinajstić information content (AvgIpc) is 3.59. The van der Waals surface area contributed by atoms with Gasteiger partial charge in [-0.05, 0) is 30.7 Å². The Morgan fingerprint density at radius 2 is 2.09 bits per heavy atom. The van der Waals surface area contributed by atoms with Gasteiger partial charge in [-0.1, -0.05) is 18.2 Å². The van der Waals surface area contributed by atoms with E-state index in [2.05, 4.69) is 25.7 Å². The third-order valence-corrected chi connectivity index (χ3v) is 5.97. The lowest BCUT2D eigenvalue weighted by Crippen LogP contribution is -2.35. The molecule has 1 unspecified atom stereocenters. The number of anilines is 2. The van der Waals surface area contributed by atoms with E-state index in [-0.39, 0.29) is 24.2 Å². The third kappa shape index (κ3) is 4.34. The summed E-state index contributed by atoms with van der Waals surface area (Å²) in [6.07, 6.45) is 5.02. The summed E-state index contributed by atoms with van der Waals surface area (Å²) in [5.41, 5.74) is 2.55. The number of hydrogen-bond acceptors (Lipinski definition) is 7. The van der Waals surface area contributed by atoms with Crippen LogP contribution in [0.15, 0.2) is 59.6 Å². The largest absolute Gasteiger partial charge is 0.467 e. The van der Waals surface area contributed by atoms with Crippen molar-refractivity contribution in [1.29, 1.82) is 0 Å². The molecule has 10 heteroatoms. The second-order valence-electron chi connectivity index (χ2n) is 8.24. The molecule has 1 aromatic carbocycles. The smallest absolute Gasteiger partial charge is 0.227 e. The standard InChI is InChI=1S/C24H25N7O3/c1-16-5-2-3-7-20(16)30-14-17(11-21(30)32)24(33)25-8-9-31-23-19(13-29-31)22(27-15-28-23)26-12-18-6-4-10-34-18/h2-7,10,13,15,17H,8-9,11-12,14H2,1H3,(H,25,33)(H,26,27,28). The van der Waals surface area contributed by atoms with Gasteiger partial charge in [0, 0.05) is 25.2 Å². The Hall–Kier alpha value is -4.21. The fraction of sp³-hybridized carbons (Fsp3) is 0.292. The lowest BCUT2D eigenvalue weighted by molar-refractivity contribution is -0.126. The van der Waals surface area contributed by atoms with Gasteiger partial charge in [0.2, 0.25) is 11.8 Å². The number of aryl methyl sites for hydroxylation is 1. The number of benzene rings is 1. The minimum atomic E-state index is -0.374. The van der Waals surface area contributed by atoms with E-state index in [4.69, 9.17) is 4.42 Å².